The number of esters is 3. The Morgan fingerprint density at radius 1 is 0.236 bits per heavy atom. The highest BCUT2D eigenvalue weighted by Gasteiger charge is 2.30. The molecule has 0 aliphatic heterocycles. The third-order valence-corrected chi connectivity index (χ3v) is 22.5. The first-order valence-corrected chi connectivity index (χ1v) is 52.1. The second kappa shape index (κ2) is 95.7. The number of rotatable bonds is 92. The van der Waals surface area contributed by atoms with Crippen LogP contribution >= 0.6 is 15.6 Å². The van der Waals surface area contributed by atoms with E-state index in [0.717, 1.165) is 180 Å². The molecule has 5 atom stereocenters. The Hall–Kier alpha value is -5.35. The molecule has 0 aromatic heterocycles. The smallest absolute Gasteiger partial charge is 0.463 e. The Morgan fingerprint density at radius 2 is 0.431 bits per heavy atom. The number of unbranched alkanes of at least 4 members (excludes halogenated alkanes) is 39. The van der Waals surface area contributed by atoms with E-state index in [1.54, 1.807) is 0 Å². The molecule has 0 aromatic rings. The average Bonchev–Trinajstić information content (AvgIpc) is 0.891. The summed E-state index contributed by atoms with van der Waals surface area (Å²) in [4.78, 5) is 59.2. The molecule has 0 bridgehead atoms. The first-order chi connectivity index (χ1) is 60.2. The molecule has 0 saturated heterocycles. The van der Waals surface area contributed by atoms with E-state index in [0.29, 0.717) is 19.3 Å². The van der Waals surface area contributed by atoms with Crippen molar-refractivity contribution in [1.82, 2.24) is 0 Å². The second-order valence-corrected chi connectivity index (χ2v) is 35.4. The minimum absolute atomic E-state index is 0.0967. The quantitative estimate of drug-likeness (QED) is 0.0146. The number of phosphoric acid groups is 2. The molecule has 18 heteroatoms. The monoisotopic (exact) mass is 1760 g/mol. The summed E-state index contributed by atoms with van der Waals surface area (Å²) in [6.45, 7) is 2.48. The van der Waals surface area contributed by atoms with Crippen LogP contribution in [0.25, 0.3) is 0 Å². The lowest BCUT2D eigenvalue weighted by molar-refractivity contribution is -0.161. The van der Waals surface area contributed by atoms with Gasteiger partial charge in [0.05, 0.1) is 26.4 Å². The molecular formula is C105H178O16P2. The van der Waals surface area contributed by atoms with Gasteiger partial charge in [-0.1, -0.05) is 409 Å². The Balaban J connectivity index is 4.65. The van der Waals surface area contributed by atoms with Crippen molar-refractivity contribution in [1.29, 1.82) is 0 Å². The molecule has 0 fully saturated rings. The Bertz CT molecular complexity index is 2970. The molecule has 0 heterocycles. The predicted molar refractivity (Wildman–Crippen MR) is 518 cm³/mol. The first-order valence-electron chi connectivity index (χ1n) is 49.1. The highest BCUT2D eigenvalue weighted by molar-refractivity contribution is 7.47. The Kier molecular flexibility index (Phi) is 91.6. The molecule has 0 radical (unpaired) electrons. The number of aliphatic hydroxyl groups excluding tert-OH is 2. The lowest BCUT2D eigenvalue weighted by Gasteiger charge is -2.21. The molecule has 704 valence electrons. The summed E-state index contributed by atoms with van der Waals surface area (Å²) in [7, 11) is -9.82. The van der Waals surface area contributed by atoms with E-state index >= 15 is 0 Å². The summed E-state index contributed by atoms with van der Waals surface area (Å²) < 4.78 is 61.6. The molecule has 4 N–H and O–H groups in total. The van der Waals surface area contributed by atoms with Gasteiger partial charge in [-0.05, 0) is 161 Å². The predicted octanol–water partition coefficient (Wildman–Crippen LogP) is 30.8. The molecule has 0 rings (SSSR count). The number of ether oxygens (including phenoxy) is 3. The summed E-state index contributed by atoms with van der Waals surface area (Å²) in [6, 6.07) is 0. The van der Waals surface area contributed by atoms with Crippen molar-refractivity contribution in [3.63, 3.8) is 0 Å². The zero-order valence-corrected chi connectivity index (χ0v) is 79.6. The van der Waals surface area contributed by atoms with E-state index in [9.17, 15) is 43.5 Å². The molecule has 5 unspecified atom stereocenters. The standard InChI is InChI=1S/C105H178O16P2/c1-4-7-10-13-16-19-22-25-28-31-34-37-40-43-46-48-49-51-54-55-58-61-64-67-70-73-76-79-82-85-88-91-103(108)115-94-100(106)95-117-122(111,112)118-96-101(107)97-119-123(113,114)120-99-102(121-105(110)93-90-87-84-81-78-75-72-69-66-63-60-57-52-45-42-39-36-33-30-27-24-21-18-15-12-9-6-3)98-116-104(109)92-89-86-83-80-77-74-71-68-65-62-59-56-53-50-47-44-41-38-35-32-29-26-23-20-17-14-11-8-5-2/h7-8,10-11,16-21,25-30,34-39,43-47,49,51-52,100-102,106-107H,4-6,9,12-15,22-24,31-33,40-42,48,50,53-99H2,1-3H3,(H,111,112)(H,113,114)/b10-7-,11-8-,19-16-,20-17-,21-18-,28-25-,29-26-,30-27-,37-34-,38-35-,39-36-,46-43-,47-44-,51-49-,52-45-. The molecule has 0 aliphatic rings. The van der Waals surface area contributed by atoms with Crippen molar-refractivity contribution in [3.05, 3.63) is 182 Å². The van der Waals surface area contributed by atoms with Gasteiger partial charge in [0.15, 0.2) is 6.10 Å². The van der Waals surface area contributed by atoms with Crippen molar-refractivity contribution < 1.29 is 75.8 Å². The van der Waals surface area contributed by atoms with Crippen LogP contribution in [0.2, 0.25) is 0 Å². The van der Waals surface area contributed by atoms with Crippen molar-refractivity contribution in [2.75, 3.05) is 39.6 Å². The van der Waals surface area contributed by atoms with Crippen LogP contribution in [-0.2, 0) is 55.8 Å². The molecule has 0 saturated carbocycles. The number of carbonyl (C=O) groups excluding carboxylic acids is 3. The highest BCUT2D eigenvalue weighted by Crippen LogP contribution is 2.45. The Morgan fingerprint density at radius 3 is 0.683 bits per heavy atom. The molecule has 0 amide bonds. The topological polar surface area (TPSA) is 231 Å². The first kappa shape index (κ1) is 118. The van der Waals surface area contributed by atoms with Crippen LogP contribution in [0.15, 0.2) is 182 Å². The number of allylic oxidation sites excluding steroid dienone is 30. The lowest BCUT2D eigenvalue weighted by Crippen LogP contribution is -2.30. The molecule has 0 aliphatic carbocycles. The zero-order chi connectivity index (χ0) is 89.3. The van der Waals surface area contributed by atoms with E-state index in [4.69, 9.17) is 32.3 Å². The minimum atomic E-state index is -4.95. The van der Waals surface area contributed by atoms with Gasteiger partial charge in [-0.3, -0.25) is 32.5 Å². The number of aliphatic hydroxyl groups is 2. The van der Waals surface area contributed by atoms with Crippen LogP contribution < -0.4 is 0 Å². The number of phosphoric ester groups is 2. The third kappa shape index (κ3) is 97.1. The number of hydrogen-bond donors (Lipinski definition) is 4. The summed E-state index contributed by atoms with van der Waals surface area (Å²) in [5, 5.41) is 20.8. The summed E-state index contributed by atoms with van der Waals surface area (Å²) >= 11 is 0. The minimum Gasteiger partial charge on any atom is -0.463 e. The largest absolute Gasteiger partial charge is 0.472 e. The van der Waals surface area contributed by atoms with Gasteiger partial charge in [-0.2, -0.15) is 0 Å². The molecular weight excluding hydrogens is 1580 g/mol. The van der Waals surface area contributed by atoms with Gasteiger partial charge < -0.3 is 34.2 Å². The van der Waals surface area contributed by atoms with Crippen LogP contribution in [-0.4, -0.2) is 95.9 Å². The van der Waals surface area contributed by atoms with Gasteiger partial charge in [0.25, 0.3) is 0 Å². The summed E-state index contributed by atoms with van der Waals surface area (Å²) in [6.07, 6.45) is 126. The van der Waals surface area contributed by atoms with Gasteiger partial charge in [-0.15, -0.1) is 0 Å². The molecule has 16 nitrogen and oxygen atoms in total. The van der Waals surface area contributed by atoms with E-state index in [2.05, 4.69) is 203 Å². The maximum Gasteiger partial charge on any atom is 0.472 e. The van der Waals surface area contributed by atoms with E-state index < -0.39 is 91.5 Å². The zero-order valence-electron chi connectivity index (χ0n) is 77.8. The fraction of sp³-hybridized carbons (Fsp3) is 0.686. The maximum atomic E-state index is 13.1. The maximum absolute atomic E-state index is 13.1. The van der Waals surface area contributed by atoms with Crippen LogP contribution in [0.1, 0.15) is 406 Å². The second-order valence-electron chi connectivity index (χ2n) is 32.5. The molecule has 123 heavy (non-hydrogen) atoms. The van der Waals surface area contributed by atoms with E-state index in [-0.39, 0.29) is 19.3 Å². The van der Waals surface area contributed by atoms with Crippen molar-refractivity contribution in [3.8, 4) is 0 Å². The number of carbonyl (C=O) groups is 3. The molecule has 0 aromatic carbocycles. The van der Waals surface area contributed by atoms with Crippen molar-refractivity contribution in [2.24, 2.45) is 0 Å². The van der Waals surface area contributed by atoms with Gasteiger partial charge >= 0.3 is 33.6 Å². The van der Waals surface area contributed by atoms with E-state index in [1.807, 2.05) is 0 Å². The highest BCUT2D eigenvalue weighted by atomic mass is 31.2. The third-order valence-electron chi connectivity index (χ3n) is 20.6. The van der Waals surface area contributed by atoms with Crippen molar-refractivity contribution >= 4 is 33.6 Å². The lowest BCUT2D eigenvalue weighted by atomic mass is 10.0. The van der Waals surface area contributed by atoms with Gasteiger partial charge in [0.1, 0.15) is 25.4 Å². The van der Waals surface area contributed by atoms with Crippen LogP contribution in [0.4, 0.5) is 0 Å². The fourth-order valence-electron chi connectivity index (χ4n) is 13.2. The fourth-order valence-corrected chi connectivity index (χ4v) is 14.8. The molecule has 0 spiro atoms. The van der Waals surface area contributed by atoms with Crippen LogP contribution in [0, 0.1) is 0 Å². The average molecular weight is 1760 g/mol. The van der Waals surface area contributed by atoms with Gasteiger partial charge in [0, 0.05) is 19.3 Å². The van der Waals surface area contributed by atoms with E-state index in [1.165, 1.54) is 167 Å². The van der Waals surface area contributed by atoms with Crippen molar-refractivity contribution in [2.45, 2.75) is 424 Å². The van der Waals surface area contributed by atoms with Gasteiger partial charge in [-0.25, -0.2) is 9.13 Å². The SMILES string of the molecule is CC/C=C\C/C=C\C/C=C\C/C=C\C/C=C\C/C=C\CCCCCCCCCCCCCCC(=O)OCC(O)COP(=O)(O)OCC(O)COP(=O)(O)OCC(COC(=O)CCCCCCCCCCCCCCC/C=C\C/C=C\C/C=C\C/C=C\C/C=C\CC)OC(=O)CCCCCCCCCCCCC/C=C\C/C=C\C/C=C\C/C=C\CCCCC. The van der Waals surface area contributed by atoms with Crippen LogP contribution in [0.5, 0.6) is 0 Å². The summed E-state index contributed by atoms with van der Waals surface area (Å²) in [5.74, 6) is -1.57. The van der Waals surface area contributed by atoms with Crippen LogP contribution in [0.3, 0.4) is 0 Å². The van der Waals surface area contributed by atoms with Gasteiger partial charge in [0.2, 0.25) is 0 Å². The summed E-state index contributed by atoms with van der Waals surface area (Å²) in [5.41, 5.74) is 0. The number of hydrogen-bond acceptors (Lipinski definition) is 14. The normalized spacial score (nSPS) is 14.5. The Labute approximate surface area is 751 Å².